The van der Waals surface area contributed by atoms with E-state index < -0.39 is 10.0 Å². The maximum absolute atomic E-state index is 12.2. The van der Waals surface area contributed by atoms with Gasteiger partial charge in [-0.05, 0) is 25.1 Å². The average molecular weight is 302 g/mol. The zero-order chi connectivity index (χ0) is 14.0. The Morgan fingerprint density at radius 3 is 2.68 bits per heavy atom. The molecule has 0 aliphatic carbocycles. The van der Waals surface area contributed by atoms with E-state index in [9.17, 15) is 8.42 Å². The highest BCUT2D eigenvalue weighted by Crippen LogP contribution is 2.24. The summed E-state index contributed by atoms with van der Waals surface area (Å²) in [6.45, 7) is 1.17. The highest BCUT2D eigenvalue weighted by molar-refractivity contribution is 7.92. The van der Waals surface area contributed by atoms with Crippen LogP contribution in [-0.2, 0) is 16.6 Å². The van der Waals surface area contributed by atoms with Crippen molar-refractivity contribution >= 4 is 27.3 Å². The highest BCUT2D eigenvalue weighted by atomic mass is 35.5. The van der Waals surface area contributed by atoms with Crippen LogP contribution in [-0.4, -0.2) is 13.5 Å². The summed E-state index contributed by atoms with van der Waals surface area (Å²) in [5, 5.41) is 9.37. The van der Waals surface area contributed by atoms with Crippen molar-refractivity contribution in [1.29, 1.82) is 0 Å². The van der Waals surface area contributed by atoms with Gasteiger partial charge in [-0.25, -0.2) is 8.42 Å². The van der Waals surface area contributed by atoms with E-state index >= 15 is 0 Å². The molecular weight excluding hydrogens is 290 g/mol. The number of rotatable bonds is 4. The van der Waals surface area contributed by atoms with Crippen molar-refractivity contribution in [3.8, 4) is 0 Å². The number of hydrogen-bond acceptors (Lipinski definition) is 4. The summed E-state index contributed by atoms with van der Waals surface area (Å²) in [7, 11) is -3.76. The van der Waals surface area contributed by atoms with Crippen LogP contribution in [0.4, 0.5) is 5.69 Å². The molecule has 0 saturated carbocycles. The number of halogens is 1. The van der Waals surface area contributed by atoms with E-state index in [1.807, 2.05) is 0 Å². The summed E-state index contributed by atoms with van der Waals surface area (Å²) in [4.78, 5) is -0.00322. The first-order valence-electron chi connectivity index (χ1n) is 5.41. The molecular formula is C12H12ClNO4S. The van der Waals surface area contributed by atoms with Crippen LogP contribution in [0.25, 0.3) is 0 Å². The van der Waals surface area contributed by atoms with Crippen molar-refractivity contribution < 1.29 is 17.9 Å². The monoisotopic (exact) mass is 301 g/mol. The molecule has 7 heteroatoms. The van der Waals surface area contributed by atoms with Crippen LogP contribution in [0.15, 0.2) is 39.6 Å². The SMILES string of the molecule is Cc1oc(CO)cc1S(=O)(=O)Nc1cccc(Cl)c1. The molecule has 0 amide bonds. The van der Waals surface area contributed by atoms with Gasteiger partial charge in [-0.1, -0.05) is 17.7 Å². The lowest BCUT2D eigenvalue weighted by Gasteiger charge is -2.06. The first-order chi connectivity index (χ1) is 8.92. The van der Waals surface area contributed by atoms with Gasteiger partial charge in [0, 0.05) is 11.1 Å². The predicted molar refractivity (Wildman–Crippen MR) is 71.6 cm³/mol. The van der Waals surface area contributed by atoms with Crippen LogP contribution in [0.2, 0.25) is 5.02 Å². The molecule has 5 nitrogen and oxygen atoms in total. The van der Waals surface area contributed by atoms with Gasteiger partial charge < -0.3 is 9.52 Å². The van der Waals surface area contributed by atoms with Crippen LogP contribution >= 0.6 is 11.6 Å². The first-order valence-corrected chi connectivity index (χ1v) is 7.27. The van der Waals surface area contributed by atoms with Gasteiger partial charge in [0.05, 0.1) is 5.69 Å². The van der Waals surface area contributed by atoms with Gasteiger partial charge in [0.2, 0.25) is 0 Å². The maximum Gasteiger partial charge on any atom is 0.265 e. The Hall–Kier alpha value is -1.50. The number of aliphatic hydroxyl groups excluding tert-OH is 1. The summed E-state index contributed by atoms with van der Waals surface area (Å²) < 4.78 is 31.9. The molecule has 0 aliphatic rings. The van der Waals surface area contributed by atoms with Gasteiger partial charge in [0.15, 0.2) is 0 Å². The van der Waals surface area contributed by atoms with Crippen molar-refractivity contribution in [2.75, 3.05) is 4.72 Å². The standard InChI is InChI=1S/C12H12ClNO4S/c1-8-12(6-11(7-15)18-8)19(16,17)14-10-4-2-3-9(13)5-10/h2-6,14-15H,7H2,1H3. The number of aliphatic hydroxyl groups is 1. The van der Waals surface area contributed by atoms with Crippen LogP contribution in [0.3, 0.4) is 0 Å². The third-order valence-corrected chi connectivity index (χ3v) is 4.17. The van der Waals surface area contributed by atoms with E-state index in [2.05, 4.69) is 4.72 Å². The van der Waals surface area contributed by atoms with Gasteiger partial charge in [-0.3, -0.25) is 4.72 Å². The van der Waals surface area contributed by atoms with Crippen LogP contribution < -0.4 is 4.72 Å². The number of aryl methyl sites for hydroxylation is 1. The number of nitrogens with one attached hydrogen (secondary N) is 1. The fraction of sp³-hybridized carbons (Fsp3) is 0.167. The Bertz CT molecular complexity index is 694. The van der Waals surface area contributed by atoms with E-state index in [-0.39, 0.29) is 23.0 Å². The number of hydrogen-bond donors (Lipinski definition) is 2. The molecule has 0 spiro atoms. The third kappa shape index (κ3) is 3.09. The smallest absolute Gasteiger partial charge is 0.265 e. The van der Waals surface area contributed by atoms with E-state index in [1.165, 1.54) is 19.1 Å². The molecule has 102 valence electrons. The van der Waals surface area contributed by atoms with Crippen LogP contribution in [0, 0.1) is 6.92 Å². The largest absolute Gasteiger partial charge is 0.462 e. The molecule has 1 aromatic carbocycles. The second-order valence-electron chi connectivity index (χ2n) is 3.91. The quantitative estimate of drug-likeness (QED) is 0.909. The number of benzene rings is 1. The topological polar surface area (TPSA) is 79.5 Å². The molecule has 0 fully saturated rings. The fourth-order valence-corrected chi connectivity index (χ4v) is 3.08. The lowest BCUT2D eigenvalue weighted by atomic mass is 10.3. The highest BCUT2D eigenvalue weighted by Gasteiger charge is 2.21. The maximum atomic E-state index is 12.2. The van der Waals surface area contributed by atoms with Gasteiger partial charge >= 0.3 is 0 Å². The molecule has 0 radical (unpaired) electrons. The normalized spacial score (nSPS) is 11.5. The van der Waals surface area contributed by atoms with Gasteiger partial charge in [-0.15, -0.1) is 0 Å². The van der Waals surface area contributed by atoms with Gasteiger partial charge in [0.1, 0.15) is 23.0 Å². The fourth-order valence-electron chi connectivity index (χ4n) is 1.63. The zero-order valence-corrected chi connectivity index (χ0v) is 11.6. The lowest BCUT2D eigenvalue weighted by molar-refractivity contribution is 0.245. The average Bonchev–Trinajstić information content (AvgIpc) is 2.71. The number of sulfonamides is 1. The van der Waals surface area contributed by atoms with E-state index in [0.29, 0.717) is 10.7 Å². The molecule has 19 heavy (non-hydrogen) atoms. The molecule has 0 unspecified atom stereocenters. The molecule has 0 bridgehead atoms. The molecule has 2 N–H and O–H groups in total. The van der Waals surface area contributed by atoms with Crippen molar-refractivity contribution in [3.05, 3.63) is 46.9 Å². The Kier molecular flexibility index (Phi) is 3.84. The third-order valence-electron chi connectivity index (χ3n) is 2.45. The van der Waals surface area contributed by atoms with Gasteiger partial charge in [0.25, 0.3) is 10.0 Å². The van der Waals surface area contributed by atoms with Gasteiger partial charge in [-0.2, -0.15) is 0 Å². The van der Waals surface area contributed by atoms with E-state index in [0.717, 1.165) is 0 Å². The molecule has 0 atom stereocenters. The molecule has 2 aromatic rings. The van der Waals surface area contributed by atoms with E-state index in [4.69, 9.17) is 21.1 Å². The zero-order valence-electron chi connectivity index (χ0n) is 10.1. The molecule has 1 aromatic heterocycles. The Morgan fingerprint density at radius 1 is 1.37 bits per heavy atom. The van der Waals surface area contributed by atoms with E-state index in [1.54, 1.807) is 18.2 Å². The summed E-state index contributed by atoms with van der Waals surface area (Å²) in [6.07, 6.45) is 0. The molecule has 0 aliphatic heterocycles. The van der Waals surface area contributed by atoms with Crippen molar-refractivity contribution in [2.24, 2.45) is 0 Å². The first kappa shape index (κ1) is 13.9. The molecule has 2 rings (SSSR count). The summed E-state index contributed by atoms with van der Waals surface area (Å²) in [5.41, 5.74) is 0.360. The second kappa shape index (κ2) is 5.24. The van der Waals surface area contributed by atoms with Crippen molar-refractivity contribution in [3.63, 3.8) is 0 Å². The Morgan fingerprint density at radius 2 is 2.11 bits per heavy atom. The predicted octanol–water partition coefficient (Wildman–Crippen LogP) is 2.53. The number of anilines is 1. The summed E-state index contributed by atoms with van der Waals surface area (Å²) >= 11 is 5.79. The minimum absolute atomic E-state index is 0.00322. The van der Waals surface area contributed by atoms with Crippen molar-refractivity contribution in [1.82, 2.24) is 0 Å². The van der Waals surface area contributed by atoms with Crippen LogP contribution in [0.5, 0.6) is 0 Å². The number of furan rings is 1. The minimum atomic E-state index is -3.76. The van der Waals surface area contributed by atoms with Crippen LogP contribution in [0.1, 0.15) is 11.5 Å². The second-order valence-corrected chi connectivity index (χ2v) is 5.99. The molecule has 1 heterocycles. The molecule has 0 saturated heterocycles. The Labute approximate surface area is 115 Å². The Balaban J connectivity index is 2.34. The van der Waals surface area contributed by atoms with Crippen molar-refractivity contribution in [2.45, 2.75) is 18.4 Å². The minimum Gasteiger partial charge on any atom is -0.462 e. The summed E-state index contributed by atoms with van der Waals surface area (Å²) in [6, 6.07) is 7.67. The summed E-state index contributed by atoms with van der Waals surface area (Å²) in [5.74, 6) is 0.419. The lowest BCUT2D eigenvalue weighted by Crippen LogP contribution is -2.13.